The lowest BCUT2D eigenvalue weighted by Crippen LogP contribution is -2.30. The van der Waals surface area contributed by atoms with Gasteiger partial charge in [0.1, 0.15) is 5.75 Å². The van der Waals surface area contributed by atoms with Crippen LogP contribution in [0.3, 0.4) is 0 Å². The Hall–Kier alpha value is -3.22. The number of pyridine rings is 1. The number of ether oxygens (including phenoxy) is 1. The van der Waals surface area contributed by atoms with Gasteiger partial charge in [0, 0.05) is 24.5 Å². The average Bonchev–Trinajstić information content (AvgIpc) is 3.15. The van der Waals surface area contributed by atoms with Gasteiger partial charge < -0.3 is 14.5 Å². The van der Waals surface area contributed by atoms with E-state index in [1.807, 2.05) is 32.0 Å². The lowest BCUT2D eigenvalue weighted by Gasteiger charge is -2.09. The predicted octanol–water partition coefficient (Wildman–Crippen LogP) is 3.54. The normalized spacial score (nSPS) is 10.7. The van der Waals surface area contributed by atoms with Crippen LogP contribution in [0.25, 0.3) is 22.6 Å². The van der Waals surface area contributed by atoms with E-state index in [2.05, 4.69) is 20.5 Å². The molecule has 7 nitrogen and oxygen atoms in total. The summed E-state index contributed by atoms with van der Waals surface area (Å²) in [6, 6.07) is 9.13. The van der Waals surface area contributed by atoms with Gasteiger partial charge in [-0.2, -0.15) is 0 Å². The Morgan fingerprint density at radius 1 is 1.20 bits per heavy atom. The number of nitrogens with one attached hydrogen (secondary N) is 1. The number of carbonyl (C=O) groups excluding carboxylic acids is 1. The SMILES string of the molecule is CC(C)CNC(=O)Oc1cccc(-c2cncc(-c3nnco3)c2)c1. The summed E-state index contributed by atoms with van der Waals surface area (Å²) in [6.07, 6.45) is 4.17. The smallest absolute Gasteiger partial charge is 0.412 e. The van der Waals surface area contributed by atoms with Crippen LogP contribution in [-0.2, 0) is 0 Å². The van der Waals surface area contributed by atoms with Crippen LogP contribution in [0.4, 0.5) is 4.79 Å². The minimum Gasteiger partial charge on any atom is -0.423 e. The molecule has 1 aromatic carbocycles. The number of carbonyl (C=O) groups is 1. The van der Waals surface area contributed by atoms with E-state index in [1.165, 1.54) is 6.39 Å². The van der Waals surface area contributed by atoms with E-state index in [1.54, 1.807) is 24.5 Å². The lowest BCUT2D eigenvalue weighted by atomic mass is 10.1. The maximum atomic E-state index is 11.8. The molecule has 0 radical (unpaired) electrons. The molecule has 0 saturated carbocycles. The van der Waals surface area contributed by atoms with E-state index in [-0.39, 0.29) is 0 Å². The molecule has 128 valence electrons. The maximum absolute atomic E-state index is 11.8. The van der Waals surface area contributed by atoms with E-state index in [9.17, 15) is 4.79 Å². The maximum Gasteiger partial charge on any atom is 0.412 e. The fraction of sp³-hybridized carbons (Fsp3) is 0.222. The van der Waals surface area contributed by atoms with E-state index >= 15 is 0 Å². The van der Waals surface area contributed by atoms with Gasteiger partial charge in [-0.1, -0.05) is 26.0 Å². The highest BCUT2D eigenvalue weighted by Crippen LogP contribution is 2.26. The molecule has 7 heteroatoms. The van der Waals surface area contributed by atoms with Crippen molar-refractivity contribution in [3.63, 3.8) is 0 Å². The second kappa shape index (κ2) is 7.57. The molecule has 0 aliphatic rings. The fourth-order valence-electron chi connectivity index (χ4n) is 2.18. The Kier molecular flexibility index (Phi) is 5.03. The van der Waals surface area contributed by atoms with Crippen LogP contribution < -0.4 is 10.1 Å². The monoisotopic (exact) mass is 338 g/mol. The summed E-state index contributed by atoms with van der Waals surface area (Å²) in [5.41, 5.74) is 2.43. The first-order chi connectivity index (χ1) is 12.1. The van der Waals surface area contributed by atoms with Crippen molar-refractivity contribution in [3.8, 4) is 28.3 Å². The number of hydrogen-bond acceptors (Lipinski definition) is 6. The van der Waals surface area contributed by atoms with Crippen molar-refractivity contribution >= 4 is 6.09 Å². The van der Waals surface area contributed by atoms with Crippen molar-refractivity contribution in [2.75, 3.05) is 6.54 Å². The molecule has 0 saturated heterocycles. The molecule has 1 amide bonds. The standard InChI is InChI=1S/C18H18N4O3/c1-12(2)8-20-18(23)25-16-5-3-4-13(7-16)14-6-15(10-19-9-14)17-22-21-11-24-17/h3-7,9-12H,8H2,1-2H3,(H,20,23). The molecule has 0 aliphatic carbocycles. The summed E-state index contributed by atoms with van der Waals surface area (Å²) >= 11 is 0. The molecule has 0 unspecified atom stereocenters. The van der Waals surface area contributed by atoms with Crippen molar-refractivity contribution in [2.24, 2.45) is 5.92 Å². The molecule has 3 aromatic rings. The summed E-state index contributed by atoms with van der Waals surface area (Å²) in [7, 11) is 0. The molecule has 3 rings (SSSR count). The summed E-state index contributed by atoms with van der Waals surface area (Å²) in [4.78, 5) is 16.0. The number of nitrogens with zero attached hydrogens (tertiary/aromatic N) is 3. The molecule has 25 heavy (non-hydrogen) atoms. The predicted molar refractivity (Wildman–Crippen MR) is 91.8 cm³/mol. The van der Waals surface area contributed by atoms with Crippen LogP contribution in [0.5, 0.6) is 5.75 Å². The van der Waals surface area contributed by atoms with Crippen LogP contribution in [0.15, 0.2) is 53.5 Å². The Morgan fingerprint density at radius 3 is 2.80 bits per heavy atom. The summed E-state index contributed by atoms with van der Waals surface area (Å²) in [5, 5.41) is 10.3. The van der Waals surface area contributed by atoms with Gasteiger partial charge in [0.2, 0.25) is 12.3 Å². The van der Waals surface area contributed by atoms with Gasteiger partial charge in [-0.25, -0.2) is 4.79 Å². The zero-order valence-corrected chi connectivity index (χ0v) is 14.0. The average molecular weight is 338 g/mol. The van der Waals surface area contributed by atoms with Crippen molar-refractivity contribution in [3.05, 3.63) is 49.1 Å². The van der Waals surface area contributed by atoms with E-state index < -0.39 is 6.09 Å². The van der Waals surface area contributed by atoms with Gasteiger partial charge in [-0.3, -0.25) is 4.98 Å². The van der Waals surface area contributed by atoms with E-state index in [4.69, 9.17) is 9.15 Å². The first kappa shape index (κ1) is 16.6. The van der Waals surface area contributed by atoms with Gasteiger partial charge in [0.05, 0.1) is 5.56 Å². The highest BCUT2D eigenvalue weighted by Gasteiger charge is 2.09. The van der Waals surface area contributed by atoms with Crippen LogP contribution in [-0.4, -0.2) is 27.8 Å². The first-order valence-corrected chi connectivity index (χ1v) is 7.89. The Bertz CT molecular complexity index is 847. The quantitative estimate of drug-likeness (QED) is 0.765. The fourth-order valence-corrected chi connectivity index (χ4v) is 2.18. The van der Waals surface area contributed by atoms with Crippen LogP contribution in [0.1, 0.15) is 13.8 Å². The molecular weight excluding hydrogens is 320 g/mol. The number of aromatic nitrogens is 3. The highest BCUT2D eigenvalue weighted by atomic mass is 16.6. The zero-order chi connectivity index (χ0) is 17.6. The van der Waals surface area contributed by atoms with Crippen LogP contribution in [0.2, 0.25) is 0 Å². The van der Waals surface area contributed by atoms with Gasteiger partial charge in [-0.05, 0) is 29.7 Å². The Balaban J connectivity index is 1.77. The van der Waals surface area contributed by atoms with Crippen LogP contribution in [0, 0.1) is 5.92 Å². The molecule has 0 spiro atoms. The molecule has 0 bridgehead atoms. The van der Waals surface area contributed by atoms with Crippen molar-refractivity contribution < 1.29 is 13.9 Å². The molecule has 0 atom stereocenters. The second-order valence-corrected chi connectivity index (χ2v) is 5.90. The minimum absolute atomic E-state index is 0.359. The van der Waals surface area contributed by atoms with E-state index in [0.29, 0.717) is 24.1 Å². The highest BCUT2D eigenvalue weighted by molar-refractivity contribution is 5.73. The summed E-state index contributed by atoms with van der Waals surface area (Å²) < 4.78 is 10.5. The third-order valence-corrected chi connectivity index (χ3v) is 3.38. The third kappa shape index (κ3) is 4.41. The van der Waals surface area contributed by atoms with Crippen molar-refractivity contribution in [1.82, 2.24) is 20.5 Å². The molecule has 0 aliphatic heterocycles. The number of hydrogen-bond donors (Lipinski definition) is 1. The Morgan fingerprint density at radius 2 is 2.04 bits per heavy atom. The first-order valence-electron chi connectivity index (χ1n) is 7.89. The van der Waals surface area contributed by atoms with Crippen LogP contribution >= 0.6 is 0 Å². The molecular formula is C18H18N4O3. The summed E-state index contributed by atoms with van der Waals surface area (Å²) in [6.45, 7) is 4.60. The van der Waals surface area contributed by atoms with Gasteiger partial charge in [0.15, 0.2) is 0 Å². The number of benzene rings is 1. The van der Waals surface area contributed by atoms with Gasteiger partial charge in [-0.15, -0.1) is 10.2 Å². The van der Waals surface area contributed by atoms with Crippen molar-refractivity contribution in [1.29, 1.82) is 0 Å². The summed E-state index contributed by atoms with van der Waals surface area (Å²) in [5.74, 6) is 1.22. The molecule has 0 fully saturated rings. The van der Waals surface area contributed by atoms with E-state index in [0.717, 1.165) is 16.7 Å². The number of rotatable bonds is 5. The minimum atomic E-state index is -0.469. The van der Waals surface area contributed by atoms with Gasteiger partial charge in [0.25, 0.3) is 0 Å². The largest absolute Gasteiger partial charge is 0.423 e. The number of amides is 1. The molecule has 2 aromatic heterocycles. The zero-order valence-electron chi connectivity index (χ0n) is 14.0. The van der Waals surface area contributed by atoms with Crippen molar-refractivity contribution in [2.45, 2.75) is 13.8 Å². The molecule has 1 N–H and O–H groups in total. The third-order valence-electron chi connectivity index (χ3n) is 3.38. The van der Waals surface area contributed by atoms with Gasteiger partial charge >= 0.3 is 6.09 Å². The lowest BCUT2D eigenvalue weighted by molar-refractivity contribution is 0.199. The topological polar surface area (TPSA) is 90.1 Å². The Labute approximate surface area is 145 Å². The second-order valence-electron chi connectivity index (χ2n) is 5.90. The molecule has 2 heterocycles.